The molecule has 1 unspecified atom stereocenters. The molecule has 6 nitrogen and oxygen atoms in total. The van der Waals surface area contributed by atoms with Gasteiger partial charge in [-0.05, 0) is 25.4 Å². The zero-order chi connectivity index (χ0) is 22.1. The fourth-order valence-corrected chi connectivity index (χ4v) is 2.08. The van der Waals surface area contributed by atoms with Gasteiger partial charge in [-0.2, -0.15) is 0 Å². The van der Waals surface area contributed by atoms with Crippen LogP contribution in [-0.2, 0) is 9.59 Å². The lowest BCUT2D eigenvalue weighted by Crippen LogP contribution is -2.36. The highest BCUT2D eigenvalue weighted by molar-refractivity contribution is 6.03. The van der Waals surface area contributed by atoms with E-state index in [2.05, 4.69) is 4.98 Å². The highest BCUT2D eigenvalue weighted by Crippen LogP contribution is 2.24. The number of fused-ring (bicyclic) bond motifs is 1. The summed E-state index contributed by atoms with van der Waals surface area (Å²) in [6.45, 7) is -2.07. The number of aromatic nitrogens is 2. The molecular weight excluding hydrogens is 270 g/mol. The summed E-state index contributed by atoms with van der Waals surface area (Å²) < 4.78 is 63.5. The van der Waals surface area contributed by atoms with Gasteiger partial charge in [-0.25, -0.2) is 4.98 Å². The van der Waals surface area contributed by atoms with Crippen LogP contribution in [0.5, 0.6) is 0 Å². The number of nitrogens with zero attached hydrogens (tertiary/aromatic N) is 2. The van der Waals surface area contributed by atoms with Crippen LogP contribution in [0, 0.1) is 6.88 Å². The van der Waals surface area contributed by atoms with E-state index in [1.165, 1.54) is 0 Å². The van der Waals surface area contributed by atoms with Crippen molar-refractivity contribution in [3.8, 4) is 0 Å². The molecule has 6 heteroatoms. The van der Waals surface area contributed by atoms with Crippen LogP contribution >= 0.6 is 0 Å². The first kappa shape index (κ1) is 6.98. The molecule has 108 valence electrons. The molecule has 0 spiro atoms. The van der Waals surface area contributed by atoms with Crippen molar-refractivity contribution in [1.82, 2.24) is 9.55 Å². The van der Waals surface area contributed by atoms with Gasteiger partial charge in [0.2, 0.25) is 0 Å². The maximum Gasteiger partial charge on any atom is 0.264 e. The number of nitrogen functional groups attached to an aromatic ring is 1. The number of carbonyl (C=O) groups excluding carboxylic acids is 2. The number of carbonyl (C=O) groups is 2. The molecule has 1 atom stereocenters. The van der Waals surface area contributed by atoms with Gasteiger partial charge in [0, 0.05) is 20.3 Å². The third kappa shape index (κ3) is 2.12. The van der Waals surface area contributed by atoms with Crippen LogP contribution in [0.25, 0.3) is 10.9 Å². The van der Waals surface area contributed by atoms with Crippen LogP contribution in [0.2, 0.25) is 0 Å². The van der Waals surface area contributed by atoms with Crippen LogP contribution in [0.4, 0.5) is 5.69 Å². The Bertz CT molecular complexity index is 1130. The van der Waals surface area contributed by atoms with Crippen molar-refractivity contribution >= 4 is 28.2 Å². The summed E-state index contributed by atoms with van der Waals surface area (Å²) in [5.41, 5.74) is 4.07. The molecule has 3 rings (SSSR count). The second-order valence-electron chi connectivity index (χ2n) is 4.40. The van der Waals surface area contributed by atoms with Crippen LogP contribution < -0.4 is 11.3 Å². The molecule has 1 aliphatic rings. The second-order valence-corrected chi connectivity index (χ2v) is 4.40. The molecule has 1 aromatic heterocycles. The van der Waals surface area contributed by atoms with E-state index in [-0.39, 0.29) is 27.2 Å². The van der Waals surface area contributed by atoms with E-state index in [0.29, 0.717) is 0 Å². The smallest absolute Gasteiger partial charge is 0.264 e. The summed E-state index contributed by atoms with van der Waals surface area (Å²) in [6.07, 6.45) is -7.98. The average Bonchev–Trinajstić information content (AvgIpc) is 2.58. The molecule has 0 radical (unpaired) electrons. The Labute approximate surface area is 131 Å². The zero-order valence-corrected chi connectivity index (χ0v) is 10.6. The number of rotatable bonds is 1. The molecule has 0 bridgehead atoms. The van der Waals surface area contributed by atoms with Gasteiger partial charge in [0.1, 0.15) is 11.6 Å². The van der Waals surface area contributed by atoms with E-state index in [1.807, 2.05) is 0 Å². The molecule has 1 aromatic carbocycles. The summed E-state index contributed by atoms with van der Waals surface area (Å²) in [5, 5.41) is -0.377. The fraction of sp³-hybridized carbons (Fsp3) is 0.333. The van der Waals surface area contributed by atoms with Crippen LogP contribution in [0.1, 0.15) is 42.0 Å². The topological polar surface area (TPSA) is 95.0 Å². The van der Waals surface area contributed by atoms with E-state index in [1.54, 1.807) is 0 Å². The number of aryl methyl sites for hydroxylation is 1. The van der Waals surface area contributed by atoms with E-state index >= 15 is 0 Å². The van der Waals surface area contributed by atoms with Crippen LogP contribution in [0.3, 0.4) is 0 Å². The number of Topliss-reactive ketones (excluding diaryl/α,β-unsaturated/α-hetero) is 2. The summed E-state index contributed by atoms with van der Waals surface area (Å²) in [4.78, 5) is 41.6. The fourth-order valence-electron chi connectivity index (χ4n) is 2.08. The van der Waals surface area contributed by atoms with Crippen LogP contribution in [0.15, 0.2) is 23.0 Å². The summed E-state index contributed by atoms with van der Waals surface area (Å²) in [5.74, 6) is -3.61. The van der Waals surface area contributed by atoms with Gasteiger partial charge in [-0.1, -0.05) is 6.04 Å². The molecule has 1 heterocycles. The molecule has 0 saturated heterocycles. The Balaban J connectivity index is 2.53. The third-order valence-electron chi connectivity index (χ3n) is 3.01. The molecule has 2 aromatic rings. The van der Waals surface area contributed by atoms with Crippen molar-refractivity contribution in [3.63, 3.8) is 0 Å². The first-order chi connectivity index (χ1) is 13.2. The molecule has 21 heavy (non-hydrogen) atoms. The van der Waals surface area contributed by atoms with Crippen molar-refractivity contribution in [2.24, 2.45) is 0 Å². The minimum absolute atomic E-state index is 0.135. The maximum atomic E-state index is 13.2. The SMILES string of the molecule is [2H]c1cc(N)c2c(=O)n(C3([2H])C(=O)CC(=O)C([2H])([2H])C3([2H])[2H])c(C([2H])[2H])nc2c1. The minimum Gasteiger partial charge on any atom is -0.398 e. The number of anilines is 1. The molecular formula is C15H15N3O3. The Hall–Kier alpha value is -2.50. The number of ketones is 2. The Morgan fingerprint density at radius 3 is 3.10 bits per heavy atom. The highest BCUT2D eigenvalue weighted by atomic mass is 16.2. The maximum absolute atomic E-state index is 13.2. The van der Waals surface area contributed by atoms with E-state index in [0.717, 1.165) is 12.1 Å². The van der Waals surface area contributed by atoms with Gasteiger partial charge >= 0.3 is 0 Å². The molecule has 2 N–H and O–H groups in total. The highest BCUT2D eigenvalue weighted by Gasteiger charge is 2.30. The van der Waals surface area contributed by atoms with E-state index in [4.69, 9.17) is 16.7 Å². The lowest BCUT2D eigenvalue weighted by molar-refractivity contribution is -0.132. The average molecular weight is 293 g/mol. The molecule has 1 fully saturated rings. The first-order valence-corrected chi connectivity index (χ1v) is 5.92. The Morgan fingerprint density at radius 2 is 2.33 bits per heavy atom. The first-order valence-electron chi connectivity index (χ1n) is 10.1. The van der Waals surface area contributed by atoms with Crippen molar-refractivity contribution < 1.29 is 20.6 Å². The van der Waals surface area contributed by atoms with Gasteiger partial charge in [0.15, 0.2) is 5.78 Å². The number of benzene rings is 1. The van der Waals surface area contributed by atoms with Crippen molar-refractivity contribution in [3.05, 3.63) is 34.4 Å². The predicted molar refractivity (Wildman–Crippen MR) is 78.1 cm³/mol. The van der Waals surface area contributed by atoms with Gasteiger partial charge in [-0.3, -0.25) is 19.0 Å². The molecule has 1 aliphatic carbocycles. The summed E-state index contributed by atoms with van der Waals surface area (Å²) in [7, 11) is 0. The summed E-state index contributed by atoms with van der Waals surface area (Å²) >= 11 is 0. The van der Waals surface area contributed by atoms with Crippen molar-refractivity contribution in [2.75, 3.05) is 5.73 Å². The summed E-state index contributed by atoms with van der Waals surface area (Å²) in [6, 6.07) is -1.25. The lowest BCUT2D eigenvalue weighted by Gasteiger charge is -2.24. The van der Waals surface area contributed by atoms with Gasteiger partial charge in [0.25, 0.3) is 5.56 Å². The van der Waals surface area contributed by atoms with E-state index < -0.39 is 55.0 Å². The van der Waals surface area contributed by atoms with Crippen molar-refractivity contribution in [1.29, 1.82) is 0 Å². The molecule has 1 saturated carbocycles. The quantitative estimate of drug-likeness (QED) is 0.628. The third-order valence-corrected chi connectivity index (χ3v) is 3.01. The number of hydrogen-bond acceptors (Lipinski definition) is 5. The number of hydrogen-bond donors (Lipinski definition) is 1. The van der Waals surface area contributed by atoms with Gasteiger partial charge in [-0.15, -0.1) is 0 Å². The number of nitrogens with two attached hydrogens (primary N) is 1. The standard InChI is InChI=1S/C15H15N3O3/c1-8-17-11-4-2-3-10(16)14(11)15(21)18(8)12-6-5-9(19)7-13(12)20/h2-4,12H,5-7,16H2,1H3/i1D2,2D,5D2,6D2,12D. The largest absolute Gasteiger partial charge is 0.398 e. The normalized spacial score (nSPS) is 33.2. The Kier molecular flexibility index (Phi) is 1.59. The molecule has 0 aliphatic heterocycles. The zero-order valence-electron chi connectivity index (χ0n) is 18.6. The van der Waals surface area contributed by atoms with Crippen LogP contribution in [-0.4, -0.2) is 21.1 Å². The Morgan fingerprint density at radius 1 is 1.52 bits per heavy atom. The predicted octanol–water partition coefficient (Wildman–Crippen LogP) is 1.15. The lowest BCUT2D eigenvalue weighted by atomic mass is 9.92. The van der Waals surface area contributed by atoms with Gasteiger partial charge in [0.05, 0.1) is 26.1 Å². The monoisotopic (exact) mass is 293 g/mol. The minimum atomic E-state index is -3.53. The second kappa shape index (κ2) is 4.80. The van der Waals surface area contributed by atoms with Gasteiger partial charge < -0.3 is 5.73 Å². The van der Waals surface area contributed by atoms with E-state index in [9.17, 15) is 14.4 Å². The molecule has 0 amide bonds. The van der Waals surface area contributed by atoms with Crippen molar-refractivity contribution in [2.45, 2.75) is 32.1 Å².